The molecule has 10 heteroatoms. The van der Waals surface area contributed by atoms with E-state index in [2.05, 4.69) is 15.4 Å². The largest absolute Gasteiger partial charge is 0.467 e. The molecule has 150 valence electrons. The van der Waals surface area contributed by atoms with E-state index in [0.717, 1.165) is 6.42 Å². The van der Waals surface area contributed by atoms with Gasteiger partial charge in [0, 0.05) is 0 Å². The fourth-order valence-electron chi connectivity index (χ4n) is 2.21. The Kier molecular flexibility index (Phi) is 11.2. The van der Waals surface area contributed by atoms with Gasteiger partial charge >= 0.3 is 5.97 Å². The van der Waals surface area contributed by atoms with Crippen LogP contribution in [-0.2, 0) is 23.9 Å². The van der Waals surface area contributed by atoms with E-state index in [4.69, 9.17) is 17.2 Å². The van der Waals surface area contributed by atoms with Gasteiger partial charge in [0.2, 0.25) is 17.7 Å². The molecule has 3 amide bonds. The summed E-state index contributed by atoms with van der Waals surface area (Å²) in [5.41, 5.74) is 16.3. The van der Waals surface area contributed by atoms with E-state index in [1.807, 2.05) is 0 Å². The molecule has 0 heterocycles. The molecule has 0 spiro atoms. The van der Waals surface area contributed by atoms with Crippen molar-refractivity contribution in [3.8, 4) is 0 Å². The number of esters is 1. The van der Waals surface area contributed by atoms with Crippen molar-refractivity contribution in [3.05, 3.63) is 0 Å². The third-order valence-corrected chi connectivity index (χ3v) is 3.76. The molecule has 10 nitrogen and oxygen atoms in total. The highest BCUT2D eigenvalue weighted by Crippen LogP contribution is 2.06. The number of carbonyl (C=O) groups is 4. The number of ether oxygens (including phenoxy) is 1. The SMILES string of the molecule is COC(=O)[C@@H](NC(=O)[C@H](CC(N)=O)NC(=O)[C@@H](N)CCCCN)C(C)C. The summed E-state index contributed by atoms with van der Waals surface area (Å²) in [4.78, 5) is 47.6. The van der Waals surface area contributed by atoms with Gasteiger partial charge in [-0.1, -0.05) is 20.3 Å². The fourth-order valence-corrected chi connectivity index (χ4v) is 2.21. The molecule has 0 aromatic carbocycles. The van der Waals surface area contributed by atoms with Gasteiger partial charge in [0.1, 0.15) is 12.1 Å². The number of unbranched alkanes of at least 4 members (excludes halogenated alkanes) is 1. The molecular formula is C16H31N5O5. The monoisotopic (exact) mass is 373 g/mol. The number of hydrogen-bond acceptors (Lipinski definition) is 7. The normalized spacial score (nSPS) is 14.2. The van der Waals surface area contributed by atoms with E-state index < -0.39 is 48.2 Å². The van der Waals surface area contributed by atoms with Crippen LogP contribution >= 0.6 is 0 Å². The Hall–Kier alpha value is -2.20. The minimum absolute atomic E-state index is 0.255. The average Bonchev–Trinajstić information content (AvgIpc) is 2.57. The minimum Gasteiger partial charge on any atom is -0.467 e. The summed E-state index contributed by atoms with van der Waals surface area (Å²) in [5.74, 6) is -2.95. The van der Waals surface area contributed by atoms with Crippen LogP contribution in [-0.4, -0.2) is 55.5 Å². The molecule has 0 fully saturated rings. The third kappa shape index (κ3) is 8.77. The molecular weight excluding hydrogens is 342 g/mol. The van der Waals surface area contributed by atoms with E-state index in [0.29, 0.717) is 19.4 Å². The summed E-state index contributed by atoms with van der Waals surface area (Å²) >= 11 is 0. The van der Waals surface area contributed by atoms with Gasteiger partial charge in [-0.25, -0.2) is 4.79 Å². The van der Waals surface area contributed by atoms with Crippen LogP contribution in [0, 0.1) is 5.92 Å². The van der Waals surface area contributed by atoms with Crippen molar-refractivity contribution in [2.24, 2.45) is 23.1 Å². The van der Waals surface area contributed by atoms with E-state index in [1.54, 1.807) is 13.8 Å². The first kappa shape index (κ1) is 23.8. The molecule has 0 aliphatic carbocycles. The Labute approximate surface area is 153 Å². The smallest absolute Gasteiger partial charge is 0.328 e. The number of hydrogen-bond donors (Lipinski definition) is 5. The van der Waals surface area contributed by atoms with Crippen molar-refractivity contribution in [1.82, 2.24) is 10.6 Å². The van der Waals surface area contributed by atoms with Gasteiger partial charge in [0.25, 0.3) is 0 Å². The molecule has 3 atom stereocenters. The van der Waals surface area contributed by atoms with Gasteiger partial charge in [0.15, 0.2) is 0 Å². The summed E-state index contributed by atoms with van der Waals surface area (Å²) in [7, 11) is 1.20. The van der Waals surface area contributed by atoms with Crippen LogP contribution < -0.4 is 27.8 Å². The van der Waals surface area contributed by atoms with E-state index in [-0.39, 0.29) is 5.92 Å². The van der Waals surface area contributed by atoms with Gasteiger partial charge in [-0.2, -0.15) is 0 Å². The highest BCUT2D eigenvalue weighted by molar-refractivity contribution is 5.94. The summed E-state index contributed by atoms with van der Waals surface area (Å²) in [6.07, 6.45) is 1.36. The number of rotatable bonds is 12. The lowest BCUT2D eigenvalue weighted by Gasteiger charge is -2.24. The van der Waals surface area contributed by atoms with E-state index in [9.17, 15) is 19.2 Å². The van der Waals surface area contributed by atoms with Crippen molar-refractivity contribution in [2.45, 2.75) is 57.7 Å². The summed E-state index contributed by atoms with van der Waals surface area (Å²) in [5, 5.41) is 4.89. The van der Waals surface area contributed by atoms with Crippen molar-refractivity contribution >= 4 is 23.7 Å². The van der Waals surface area contributed by atoms with Crippen molar-refractivity contribution in [1.29, 1.82) is 0 Å². The Morgan fingerprint density at radius 1 is 1.04 bits per heavy atom. The summed E-state index contributed by atoms with van der Waals surface area (Å²) < 4.78 is 4.65. The zero-order chi connectivity index (χ0) is 20.3. The molecule has 26 heavy (non-hydrogen) atoms. The Balaban J connectivity index is 5.00. The lowest BCUT2D eigenvalue weighted by molar-refractivity contribution is -0.146. The molecule has 0 aliphatic heterocycles. The van der Waals surface area contributed by atoms with Gasteiger partial charge in [-0.3, -0.25) is 14.4 Å². The summed E-state index contributed by atoms with van der Waals surface area (Å²) in [6.45, 7) is 3.93. The molecule has 0 aromatic heterocycles. The van der Waals surface area contributed by atoms with Gasteiger partial charge < -0.3 is 32.6 Å². The highest BCUT2D eigenvalue weighted by atomic mass is 16.5. The highest BCUT2D eigenvalue weighted by Gasteiger charge is 2.30. The minimum atomic E-state index is -1.23. The first-order valence-corrected chi connectivity index (χ1v) is 8.56. The van der Waals surface area contributed by atoms with Crippen molar-refractivity contribution in [2.75, 3.05) is 13.7 Å². The predicted molar refractivity (Wildman–Crippen MR) is 95.4 cm³/mol. The Morgan fingerprint density at radius 3 is 2.12 bits per heavy atom. The second-order valence-corrected chi connectivity index (χ2v) is 6.38. The topological polar surface area (TPSA) is 180 Å². The fraction of sp³-hybridized carbons (Fsp3) is 0.750. The Bertz CT molecular complexity index is 497. The first-order valence-electron chi connectivity index (χ1n) is 8.56. The van der Waals surface area contributed by atoms with Crippen LogP contribution in [0.1, 0.15) is 39.5 Å². The molecule has 0 rings (SSSR count). The van der Waals surface area contributed by atoms with Crippen molar-refractivity contribution in [3.63, 3.8) is 0 Å². The third-order valence-electron chi connectivity index (χ3n) is 3.76. The molecule has 0 saturated heterocycles. The van der Waals surface area contributed by atoms with Crippen LogP contribution in [0.3, 0.4) is 0 Å². The lowest BCUT2D eigenvalue weighted by Crippen LogP contribution is -2.56. The van der Waals surface area contributed by atoms with Gasteiger partial charge in [-0.05, 0) is 25.3 Å². The number of primary amides is 1. The Morgan fingerprint density at radius 2 is 1.65 bits per heavy atom. The predicted octanol–water partition coefficient (Wildman–Crippen LogP) is -1.88. The summed E-state index contributed by atoms with van der Waals surface area (Å²) in [6, 6.07) is -2.99. The van der Waals surface area contributed by atoms with Crippen LogP contribution in [0.2, 0.25) is 0 Å². The van der Waals surface area contributed by atoms with Gasteiger partial charge in [0.05, 0.1) is 19.6 Å². The van der Waals surface area contributed by atoms with Crippen LogP contribution in [0.15, 0.2) is 0 Å². The molecule has 0 saturated carbocycles. The number of nitrogens with two attached hydrogens (primary N) is 3. The zero-order valence-electron chi connectivity index (χ0n) is 15.6. The second-order valence-electron chi connectivity index (χ2n) is 6.38. The van der Waals surface area contributed by atoms with Gasteiger partial charge in [-0.15, -0.1) is 0 Å². The quantitative estimate of drug-likeness (QED) is 0.196. The number of carbonyl (C=O) groups excluding carboxylic acids is 4. The van der Waals surface area contributed by atoms with E-state index in [1.165, 1.54) is 7.11 Å². The molecule has 0 aromatic rings. The molecule has 0 aliphatic rings. The molecule has 0 radical (unpaired) electrons. The molecule has 0 bridgehead atoms. The van der Waals surface area contributed by atoms with Crippen LogP contribution in [0.5, 0.6) is 0 Å². The average molecular weight is 373 g/mol. The number of nitrogens with one attached hydrogen (secondary N) is 2. The second kappa shape index (κ2) is 12.2. The maximum atomic E-state index is 12.4. The van der Waals surface area contributed by atoms with Crippen LogP contribution in [0.4, 0.5) is 0 Å². The molecule has 0 unspecified atom stereocenters. The standard InChI is InChI=1S/C16H31N5O5/c1-9(2)13(16(25)26-3)21-15(24)11(8-12(19)22)20-14(23)10(18)6-4-5-7-17/h9-11,13H,4-8,17-18H2,1-3H3,(H2,19,22)(H,20,23)(H,21,24)/t10-,11-,13-/m0/s1. The maximum Gasteiger partial charge on any atom is 0.328 e. The van der Waals surface area contributed by atoms with Crippen LogP contribution in [0.25, 0.3) is 0 Å². The van der Waals surface area contributed by atoms with Crippen molar-refractivity contribution < 1.29 is 23.9 Å². The molecule has 8 N–H and O–H groups in total. The zero-order valence-corrected chi connectivity index (χ0v) is 15.6. The number of methoxy groups -OCH3 is 1. The maximum absolute atomic E-state index is 12.4. The lowest BCUT2D eigenvalue weighted by atomic mass is 10.0. The van der Waals surface area contributed by atoms with E-state index >= 15 is 0 Å². The number of amides is 3. The first-order chi connectivity index (χ1) is 12.1.